The lowest BCUT2D eigenvalue weighted by Gasteiger charge is -2.32. The molecule has 1 aliphatic rings. The number of rotatable bonds is 3. The second-order valence-electron chi connectivity index (χ2n) is 5.88. The van der Waals surface area contributed by atoms with Gasteiger partial charge in [0.1, 0.15) is 22.8 Å². The predicted molar refractivity (Wildman–Crippen MR) is 88.6 cm³/mol. The lowest BCUT2D eigenvalue weighted by atomic mass is 9.92. The number of hydrogen-bond donors (Lipinski definition) is 5. The van der Waals surface area contributed by atoms with Crippen molar-refractivity contribution >= 4 is 5.97 Å². The van der Waals surface area contributed by atoms with Gasteiger partial charge < -0.3 is 35.0 Å². The van der Waals surface area contributed by atoms with Crippen molar-refractivity contribution in [2.45, 2.75) is 25.6 Å². The molecule has 0 spiro atoms. The Labute approximate surface area is 148 Å². The number of carbonyl (C=O) groups is 1. The number of phenols is 4. The Morgan fingerprint density at radius 1 is 1.12 bits per heavy atom. The molecule has 0 bridgehead atoms. The normalized spacial score (nSPS) is 18.7. The first-order chi connectivity index (χ1) is 12.3. The van der Waals surface area contributed by atoms with Crippen molar-refractivity contribution in [3.63, 3.8) is 0 Å². The highest BCUT2D eigenvalue weighted by Crippen LogP contribution is 2.46. The fourth-order valence-electron chi connectivity index (χ4n) is 2.93. The third kappa shape index (κ3) is 2.95. The minimum absolute atomic E-state index is 0.0554. The zero-order valence-corrected chi connectivity index (χ0v) is 13.8. The Morgan fingerprint density at radius 3 is 2.50 bits per heavy atom. The van der Waals surface area contributed by atoms with Gasteiger partial charge in [-0.25, -0.2) is 4.79 Å². The van der Waals surface area contributed by atoms with Crippen molar-refractivity contribution in [3.8, 4) is 28.7 Å². The average molecular weight is 362 g/mol. The summed E-state index contributed by atoms with van der Waals surface area (Å²) >= 11 is 0. The summed E-state index contributed by atoms with van der Waals surface area (Å²) in [6.07, 6.45) is -2.15. The first kappa shape index (κ1) is 17.7. The van der Waals surface area contributed by atoms with E-state index in [4.69, 9.17) is 9.47 Å². The van der Waals surface area contributed by atoms with Crippen molar-refractivity contribution in [1.29, 1.82) is 0 Å². The number of esters is 1. The van der Waals surface area contributed by atoms with Crippen LogP contribution < -0.4 is 4.74 Å². The van der Waals surface area contributed by atoms with Crippen molar-refractivity contribution in [2.24, 2.45) is 0 Å². The molecule has 0 radical (unpaired) electrons. The first-order valence-electron chi connectivity index (χ1n) is 7.95. The highest BCUT2D eigenvalue weighted by atomic mass is 16.5. The van der Waals surface area contributed by atoms with Gasteiger partial charge in [0.25, 0.3) is 0 Å². The van der Waals surface area contributed by atoms with Gasteiger partial charge in [0.05, 0.1) is 12.7 Å². The van der Waals surface area contributed by atoms with Crippen LogP contribution in [0.15, 0.2) is 24.3 Å². The van der Waals surface area contributed by atoms with Gasteiger partial charge in [-0.2, -0.15) is 0 Å². The lowest BCUT2D eigenvalue weighted by molar-refractivity contribution is 0.0172. The minimum atomic E-state index is -1.10. The molecule has 2 aromatic carbocycles. The van der Waals surface area contributed by atoms with Crippen LogP contribution in [0.25, 0.3) is 0 Å². The monoisotopic (exact) mass is 362 g/mol. The molecule has 8 heteroatoms. The second-order valence-corrected chi connectivity index (χ2v) is 5.88. The van der Waals surface area contributed by atoms with E-state index in [1.807, 2.05) is 0 Å². The maximum Gasteiger partial charge on any atom is 0.345 e. The molecule has 0 amide bonds. The summed E-state index contributed by atoms with van der Waals surface area (Å²) in [6, 6.07) is 4.90. The maximum atomic E-state index is 12.2. The van der Waals surface area contributed by atoms with E-state index in [9.17, 15) is 30.3 Å². The zero-order valence-electron chi connectivity index (χ0n) is 13.8. The molecule has 0 unspecified atom stereocenters. The number of ether oxygens (including phenoxy) is 2. The Kier molecular flexibility index (Phi) is 4.52. The minimum Gasteiger partial charge on any atom is -0.507 e. The van der Waals surface area contributed by atoms with Crippen LogP contribution in [0.4, 0.5) is 0 Å². The van der Waals surface area contributed by atoms with Gasteiger partial charge in [-0.05, 0) is 24.6 Å². The number of aromatic hydroxyl groups is 4. The van der Waals surface area contributed by atoms with Gasteiger partial charge in [-0.1, -0.05) is 6.07 Å². The maximum absolute atomic E-state index is 12.2. The van der Waals surface area contributed by atoms with Gasteiger partial charge >= 0.3 is 5.97 Å². The average Bonchev–Trinajstić information content (AvgIpc) is 2.58. The molecular weight excluding hydrogens is 344 g/mol. The highest BCUT2D eigenvalue weighted by Gasteiger charge is 2.36. The Balaban J connectivity index is 2.09. The van der Waals surface area contributed by atoms with Crippen LogP contribution in [0.5, 0.6) is 28.7 Å². The van der Waals surface area contributed by atoms with Crippen LogP contribution in [0.2, 0.25) is 0 Å². The number of aliphatic hydroxyl groups is 1. The Hall–Kier alpha value is -3.13. The molecule has 8 nitrogen and oxygen atoms in total. The third-order valence-corrected chi connectivity index (χ3v) is 4.16. The van der Waals surface area contributed by atoms with Crippen molar-refractivity contribution in [1.82, 2.24) is 0 Å². The molecule has 3 rings (SSSR count). The Bertz CT molecular complexity index is 861. The van der Waals surface area contributed by atoms with E-state index < -0.39 is 29.7 Å². The second kappa shape index (κ2) is 6.64. The topological polar surface area (TPSA) is 137 Å². The summed E-state index contributed by atoms with van der Waals surface area (Å²) in [5.74, 6) is -2.48. The highest BCUT2D eigenvalue weighted by molar-refractivity contribution is 5.96. The first-order valence-corrected chi connectivity index (χ1v) is 7.95. The molecule has 0 saturated carbocycles. The zero-order chi connectivity index (χ0) is 19.0. The molecule has 1 aliphatic heterocycles. The quantitative estimate of drug-likeness (QED) is 0.411. The van der Waals surface area contributed by atoms with Crippen LogP contribution in [0.1, 0.15) is 34.5 Å². The van der Waals surface area contributed by atoms with Crippen LogP contribution in [-0.4, -0.2) is 44.2 Å². The standard InChI is InChI=1S/C18H18O8/c1-2-25-18(24)15-13(22)7-11(20)9-6-14(23)16(26-17(9)15)8-3-4-10(19)12(21)5-8/h3-5,7,14,16,19-23H,2,6H2,1H3/t14-,16+/m0/s1. The molecule has 1 heterocycles. The van der Waals surface area contributed by atoms with Gasteiger partial charge in [0.15, 0.2) is 17.6 Å². The molecule has 0 aromatic heterocycles. The lowest BCUT2D eigenvalue weighted by Crippen LogP contribution is -2.31. The van der Waals surface area contributed by atoms with E-state index in [0.717, 1.165) is 6.07 Å². The van der Waals surface area contributed by atoms with Gasteiger partial charge in [0.2, 0.25) is 0 Å². The van der Waals surface area contributed by atoms with Crippen molar-refractivity contribution in [3.05, 3.63) is 41.0 Å². The number of carbonyl (C=O) groups excluding carboxylic acids is 1. The molecule has 0 saturated heterocycles. The third-order valence-electron chi connectivity index (χ3n) is 4.16. The molecule has 5 N–H and O–H groups in total. The fraction of sp³-hybridized carbons (Fsp3) is 0.278. The van der Waals surface area contributed by atoms with Crippen LogP contribution >= 0.6 is 0 Å². The van der Waals surface area contributed by atoms with Crippen LogP contribution in [-0.2, 0) is 11.2 Å². The SMILES string of the molecule is CCOC(=O)c1c(O)cc(O)c2c1O[C@H](c1ccc(O)c(O)c1)[C@@H](O)C2. The number of aliphatic hydroxyl groups excluding tert-OH is 1. The summed E-state index contributed by atoms with van der Waals surface area (Å²) in [7, 11) is 0. The molecule has 0 fully saturated rings. The summed E-state index contributed by atoms with van der Waals surface area (Å²) in [5, 5.41) is 49.6. The largest absolute Gasteiger partial charge is 0.507 e. The summed E-state index contributed by atoms with van der Waals surface area (Å²) in [4.78, 5) is 12.2. The summed E-state index contributed by atoms with van der Waals surface area (Å²) < 4.78 is 10.6. The van der Waals surface area contributed by atoms with E-state index in [1.165, 1.54) is 18.2 Å². The van der Waals surface area contributed by atoms with Gasteiger partial charge in [-0.15, -0.1) is 0 Å². The molecule has 2 aromatic rings. The molecule has 2 atom stereocenters. The summed E-state index contributed by atoms with van der Waals surface area (Å²) in [5.41, 5.74) is 0.258. The number of benzene rings is 2. The molecule has 0 aliphatic carbocycles. The number of hydrogen-bond acceptors (Lipinski definition) is 8. The van der Waals surface area contributed by atoms with Crippen molar-refractivity contribution in [2.75, 3.05) is 6.61 Å². The molecule has 26 heavy (non-hydrogen) atoms. The van der Waals surface area contributed by atoms with Crippen molar-refractivity contribution < 1.29 is 39.8 Å². The number of phenolic OH excluding ortho intramolecular Hbond substituents is 4. The van der Waals surface area contributed by atoms with Crippen LogP contribution in [0.3, 0.4) is 0 Å². The summed E-state index contributed by atoms with van der Waals surface area (Å²) in [6.45, 7) is 1.68. The van der Waals surface area contributed by atoms with Gasteiger partial charge in [-0.3, -0.25) is 0 Å². The van der Waals surface area contributed by atoms with Gasteiger partial charge in [0, 0.05) is 18.1 Å². The fourth-order valence-corrected chi connectivity index (χ4v) is 2.93. The van der Waals surface area contributed by atoms with Crippen LogP contribution in [0, 0.1) is 0 Å². The van der Waals surface area contributed by atoms with E-state index in [-0.39, 0.29) is 41.4 Å². The number of fused-ring (bicyclic) bond motifs is 1. The Morgan fingerprint density at radius 2 is 1.85 bits per heavy atom. The van der Waals surface area contributed by atoms with E-state index in [1.54, 1.807) is 6.92 Å². The molecule has 138 valence electrons. The van der Waals surface area contributed by atoms with E-state index in [0.29, 0.717) is 5.56 Å². The molecular formula is C18H18O8. The van der Waals surface area contributed by atoms with E-state index in [2.05, 4.69) is 0 Å². The van der Waals surface area contributed by atoms with E-state index >= 15 is 0 Å². The predicted octanol–water partition coefficient (Wildman–Crippen LogP) is 1.72. The smallest absolute Gasteiger partial charge is 0.345 e.